The third kappa shape index (κ3) is 5.33. The zero-order chi connectivity index (χ0) is 18.2. The van der Waals surface area contributed by atoms with Crippen molar-refractivity contribution in [3.63, 3.8) is 0 Å². The van der Waals surface area contributed by atoms with Gasteiger partial charge in [0.15, 0.2) is 0 Å². The second-order valence-electron chi connectivity index (χ2n) is 5.54. The molecular formula is C22H18FNOS. The number of halogens is 1. The van der Waals surface area contributed by atoms with Gasteiger partial charge in [-0.3, -0.25) is 0 Å². The number of ether oxygens (including phenoxy) is 1. The minimum absolute atomic E-state index is 0.254. The van der Waals surface area contributed by atoms with Gasteiger partial charge in [0.25, 0.3) is 0 Å². The van der Waals surface area contributed by atoms with Crippen molar-refractivity contribution in [2.24, 2.45) is 4.99 Å². The molecule has 0 saturated carbocycles. The van der Waals surface area contributed by atoms with Crippen LogP contribution in [0.2, 0.25) is 0 Å². The molecule has 0 bridgehead atoms. The molecule has 130 valence electrons. The molecule has 2 nitrogen and oxygen atoms in total. The van der Waals surface area contributed by atoms with Gasteiger partial charge >= 0.3 is 0 Å². The van der Waals surface area contributed by atoms with Gasteiger partial charge in [-0.05, 0) is 55.5 Å². The third-order valence-corrected chi connectivity index (χ3v) is 4.58. The van der Waals surface area contributed by atoms with Crippen LogP contribution in [0.3, 0.4) is 0 Å². The fourth-order valence-corrected chi connectivity index (χ4v) is 2.99. The first-order valence-corrected chi connectivity index (χ1v) is 8.98. The van der Waals surface area contributed by atoms with Crippen LogP contribution in [0.1, 0.15) is 6.92 Å². The lowest BCUT2D eigenvalue weighted by Gasteiger charge is -2.08. The van der Waals surface area contributed by atoms with E-state index in [1.807, 2.05) is 67.6 Å². The zero-order valence-corrected chi connectivity index (χ0v) is 15.1. The molecule has 0 fully saturated rings. The lowest BCUT2D eigenvalue weighted by atomic mass is 10.3. The van der Waals surface area contributed by atoms with Crippen LogP contribution in [-0.4, -0.2) is 5.04 Å². The Labute approximate surface area is 157 Å². The lowest BCUT2D eigenvalue weighted by molar-refractivity contribution is 0.478. The Kier molecular flexibility index (Phi) is 6.23. The van der Waals surface area contributed by atoms with Crippen LogP contribution in [0.4, 0.5) is 10.1 Å². The predicted octanol–water partition coefficient (Wildman–Crippen LogP) is 6.63. The van der Waals surface area contributed by atoms with E-state index in [-0.39, 0.29) is 5.82 Å². The van der Waals surface area contributed by atoms with Gasteiger partial charge in [0.2, 0.25) is 0 Å². The number of hydrogen-bond acceptors (Lipinski definition) is 3. The smallest absolute Gasteiger partial charge is 0.126 e. The molecule has 0 N–H and O–H groups in total. The molecule has 0 heterocycles. The molecule has 0 spiro atoms. The topological polar surface area (TPSA) is 21.6 Å². The Morgan fingerprint density at radius 3 is 2.15 bits per heavy atom. The third-order valence-electron chi connectivity index (χ3n) is 3.47. The molecule has 0 unspecified atom stereocenters. The number of para-hydroxylation sites is 2. The first kappa shape index (κ1) is 18.0. The van der Waals surface area contributed by atoms with Gasteiger partial charge in [-0.2, -0.15) is 0 Å². The van der Waals surface area contributed by atoms with E-state index in [9.17, 15) is 4.39 Å². The number of aliphatic imine (C=N–C) groups is 1. The van der Waals surface area contributed by atoms with Crippen molar-refractivity contribution in [1.29, 1.82) is 0 Å². The maximum Gasteiger partial charge on any atom is 0.126 e. The predicted molar refractivity (Wildman–Crippen MR) is 107 cm³/mol. The summed E-state index contributed by atoms with van der Waals surface area (Å²) in [4.78, 5) is 5.64. The summed E-state index contributed by atoms with van der Waals surface area (Å²) in [7, 11) is 0. The van der Waals surface area contributed by atoms with Crippen molar-refractivity contribution in [3.05, 3.63) is 103 Å². The molecule has 0 amide bonds. The van der Waals surface area contributed by atoms with Gasteiger partial charge in [0.05, 0.1) is 11.9 Å². The first-order valence-electron chi connectivity index (χ1n) is 8.17. The maximum atomic E-state index is 13.2. The van der Waals surface area contributed by atoms with Crippen molar-refractivity contribution in [3.8, 4) is 5.75 Å². The van der Waals surface area contributed by atoms with Gasteiger partial charge < -0.3 is 4.74 Å². The number of benzene rings is 3. The van der Waals surface area contributed by atoms with Gasteiger partial charge in [0, 0.05) is 10.5 Å². The molecule has 0 aliphatic heterocycles. The van der Waals surface area contributed by atoms with Gasteiger partial charge in [-0.25, -0.2) is 9.38 Å². The monoisotopic (exact) mass is 363 g/mol. The molecule has 3 aromatic rings. The standard InChI is InChI=1S/C22H18FNOS/c1-17(16-25-20-10-6-3-7-11-20)22(24-19-8-4-2-5-9-19)26-21-14-12-18(23)13-15-21/h2-16H,1H3/b17-16+,24-22-. The Balaban J connectivity index is 1.86. The quantitative estimate of drug-likeness (QED) is 0.220. The second kappa shape index (κ2) is 9.02. The summed E-state index contributed by atoms with van der Waals surface area (Å²) < 4.78 is 18.9. The summed E-state index contributed by atoms with van der Waals surface area (Å²) >= 11 is 1.47. The van der Waals surface area contributed by atoms with Crippen LogP contribution in [-0.2, 0) is 0 Å². The highest BCUT2D eigenvalue weighted by Crippen LogP contribution is 2.27. The zero-order valence-electron chi connectivity index (χ0n) is 14.3. The van der Waals surface area contributed by atoms with Crippen LogP contribution in [0, 0.1) is 5.82 Å². The highest BCUT2D eigenvalue weighted by Gasteiger charge is 2.07. The summed E-state index contributed by atoms with van der Waals surface area (Å²) in [5, 5.41) is 0.790. The summed E-state index contributed by atoms with van der Waals surface area (Å²) in [6.45, 7) is 1.95. The fourth-order valence-electron chi connectivity index (χ4n) is 2.13. The van der Waals surface area contributed by atoms with E-state index in [0.717, 1.165) is 26.9 Å². The minimum atomic E-state index is -0.254. The molecule has 4 heteroatoms. The average Bonchev–Trinajstić information content (AvgIpc) is 2.69. The van der Waals surface area contributed by atoms with Gasteiger partial charge in [-0.15, -0.1) is 0 Å². The summed E-state index contributed by atoms with van der Waals surface area (Å²) in [6.07, 6.45) is 1.69. The van der Waals surface area contributed by atoms with Crippen LogP contribution in [0.5, 0.6) is 5.75 Å². The highest BCUT2D eigenvalue weighted by molar-refractivity contribution is 8.14. The van der Waals surface area contributed by atoms with E-state index in [0.29, 0.717) is 0 Å². The van der Waals surface area contributed by atoms with E-state index >= 15 is 0 Å². The average molecular weight is 363 g/mol. The van der Waals surface area contributed by atoms with E-state index < -0.39 is 0 Å². The molecule has 0 saturated heterocycles. The summed E-state index contributed by atoms with van der Waals surface area (Å²) in [5.74, 6) is 0.508. The van der Waals surface area contributed by atoms with Crippen molar-refractivity contribution < 1.29 is 9.13 Å². The summed E-state index contributed by atoms with van der Waals surface area (Å²) in [5.41, 5.74) is 1.73. The van der Waals surface area contributed by atoms with E-state index in [1.54, 1.807) is 18.4 Å². The SMILES string of the molecule is CC(=C\Oc1ccccc1)/C(=N/c1ccccc1)Sc1ccc(F)cc1. The lowest BCUT2D eigenvalue weighted by Crippen LogP contribution is -1.97. The Morgan fingerprint density at radius 2 is 1.50 bits per heavy atom. The molecule has 0 aliphatic carbocycles. The molecule has 3 aromatic carbocycles. The number of hydrogen-bond donors (Lipinski definition) is 0. The molecule has 0 aromatic heterocycles. The van der Waals surface area contributed by atoms with E-state index in [2.05, 4.69) is 0 Å². The van der Waals surface area contributed by atoms with Gasteiger partial charge in [0.1, 0.15) is 16.6 Å². The highest BCUT2D eigenvalue weighted by atomic mass is 32.2. The second-order valence-corrected chi connectivity index (χ2v) is 6.60. The van der Waals surface area contributed by atoms with Crippen LogP contribution >= 0.6 is 11.8 Å². The molecule has 0 atom stereocenters. The van der Waals surface area contributed by atoms with Crippen molar-refractivity contribution in [2.45, 2.75) is 11.8 Å². The largest absolute Gasteiger partial charge is 0.465 e. The first-order chi connectivity index (χ1) is 12.7. The van der Waals surface area contributed by atoms with Crippen molar-refractivity contribution >= 4 is 22.5 Å². The summed E-state index contributed by atoms with van der Waals surface area (Å²) in [6, 6.07) is 25.7. The molecule has 3 rings (SSSR count). The van der Waals surface area contributed by atoms with Crippen LogP contribution in [0.15, 0.2) is 107 Å². The van der Waals surface area contributed by atoms with Gasteiger partial charge in [-0.1, -0.05) is 48.2 Å². The van der Waals surface area contributed by atoms with Crippen molar-refractivity contribution in [1.82, 2.24) is 0 Å². The Morgan fingerprint density at radius 1 is 0.885 bits per heavy atom. The molecular weight excluding hydrogens is 345 g/mol. The minimum Gasteiger partial charge on any atom is -0.465 e. The number of thioether (sulfide) groups is 1. The van der Waals surface area contributed by atoms with Crippen LogP contribution < -0.4 is 4.74 Å². The Bertz CT molecular complexity index is 890. The number of nitrogens with zero attached hydrogens (tertiary/aromatic N) is 1. The number of rotatable bonds is 5. The molecule has 26 heavy (non-hydrogen) atoms. The molecule has 0 radical (unpaired) electrons. The van der Waals surface area contributed by atoms with Crippen LogP contribution in [0.25, 0.3) is 0 Å². The van der Waals surface area contributed by atoms with Crippen molar-refractivity contribution in [2.75, 3.05) is 0 Å². The maximum absolute atomic E-state index is 13.2. The molecule has 0 aliphatic rings. The normalized spacial score (nSPS) is 12.1. The van der Waals surface area contributed by atoms with E-state index in [4.69, 9.17) is 9.73 Å². The fraction of sp³-hybridized carbons (Fsp3) is 0.0455. The Hall–Kier alpha value is -2.85. The van der Waals surface area contributed by atoms with E-state index in [1.165, 1.54) is 23.9 Å².